The van der Waals surface area contributed by atoms with E-state index in [-0.39, 0.29) is 12.0 Å². The summed E-state index contributed by atoms with van der Waals surface area (Å²) in [5.41, 5.74) is 2.37. The fourth-order valence-corrected chi connectivity index (χ4v) is 2.66. The summed E-state index contributed by atoms with van der Waals surface area (Å²) in [6, 6.07) is 8.24. The van der Waals surface area contributed by atoms with Crippen LogP contribution in [0.5, 0.6) is 0 Å². The molecule has 0 unspecified atom stereocenters. The number of aryl methyl sites for hydroxylation is 1. The zero-order valence-electron chi connectivity index (χ0n) is 14.2. The number of hydrogen-bond acceptors (Lipinski definition) is 4. The van der Waals surface area contributed by atoms with Gasteiger partial charge in [-0.2, -0.15) is 0 Å². The van der Waals surface area contributed by atoms with E-state index in [0.29, 0.717) is 13.0 Å². The molecule has 1 saturated heterocycles. The highest BCUT2D eigenvalue weighted by atomic mass is 16.5. The Morgan fingerprint density at radius 3 is 2.91 bits per heavy atom. The van der Waals surface area contributed by atoms with E-state index in [0.717, 1.165) is 44.8 Å². The summed E-state index contributed by atoms with van der Waals surface area (Å²) in [4.78, 5) is 14.3. The molecule has 0 bridgehead atoms. The summed E-state index contributed by atoms with van der Waals surface area (Å²) in [6.45, 7) is 6.67. The van der Waals surface area contributed by atoms with E-state index in [4.69, 9.17) is 9.47 Å². The summed E-state index contributed by atoms with van der Waals surface area (Å²) in [6.07, 6.45) is 1.66. The van der Waals surface area contributed by atoms with Crippen LogP contribution in [0.3, 0.4) is 0 Å². The van der Waals surface area contributed by atoms with Gasteiger partial charge in [-0.25, -0.2) is 0 Å². The van der Waals surface area contributed by atoms with Crippen molar-refractivity contribution < 1.29 is 14.3 Å². The predicted octanol–water partition coefficient (Wildman–Crippen LogP) is 1.74. The Kier molecular flexibility index (Phi) is 7.52. The van der Waals surface area contributed by atoms with Crippen LogP contribution < -0.4 is 5.32 Å². The summed E-state index contributed by atoms with van der Waals surface area (Å²) in [5, 5.41) is 2.99. The molecule has 0 aromatic heterocycles. The van der Waals surface area contributed by atoms with Gasteiger partial charge < -0.3 is 14.8 Å². The Balaban J connectivity index is 1.64. The molecule has 1 amide bonds. The van der Waals surface area contributed by atoms with E-state index < -0.39 is 0 Å². The average molecular weight is 320 g/mol. The Hall–Kier alpha value is -1.43. The van der Waals surface area contributed by atoms with Crippen LogP contribution in [0.2, 0.25) is 0 Å². The second kappa shape index (κ2) is 9.65. The van der Waals surface area contributed by atoms with Crippen LogP contribution in [-0.2, 0) is 20.8 Å². The highest BCUT2D eigenvalue weighted by molar-refractivity contribution is 5.76. The smallest absolute Gasteiger partial charge is 0.221 e. The van der Waals surface area contributed by atoms with Crippen molar-refractivity contribution >= 4 is 5.91 Å². The first-order chi connectivity index (χ1) is 11.2. The summed E-state index contributed by atoms with van der Waals surface area (Å²) < 4.78 is 10.8. The van der Waals surface area contributed by atoms with Gasteiger partial charge in [-0.3, -0.25) is 9.69 Å². The molecule has 1 aliphatic rings. The van der Waals surface area contributed by atoms with Gasteiger partial charge in [-0.05, 0) is 18.9 Å². The molecule has 1 fully saturated rings. The number of nitrogens with one attached hydrogen (secondary N) is 1. The SMILES string of the molecule is COCC[C@H]1CN(CCC(=O)NCc2ccc(C)cc2)CCO1. The molecule has 128 valence electrons. The van der Waals surface area contributed by atoms with Gasteiger partial charge in [-0.1, -0.05) is 29.8 Å². The first-order valence-electron chi connectivity index (χ1n) is 8.32. The standard InChI is InChI=1S/C18H28N2O3/c1-15-3-5-16(6-4-15)13-19-18(21)7-9-20-10-12-23-17(14-20)8-11-22-2/h3-6,17H,7-14H2,1-2H3,(H,19,21)/t17-/m0/s1. The molecule has 23 heavy (non-hydrogen) atoms. The van der Waals surface area contributed by atoms with E-state index >= 15 is 0 Å². The lowest BCUT2D eigenvalue weighted by atomic mass is 10.1. The molecule has 0 saturated carbocycles. The maximum Gasteiger partial charge on any atom is 0.221 e. The third-order valence-corrected chi connectivity index (χ3v) is 4.13. The van der Waals surface area contributed by atoms with Crippen molar-refractivity contribution in [3.8, 4) is 0 Å². The Morgan fingerprint density at radius 1 is 1.39 bits per heavy atom. The van der Waals surface area contributed by atoms with E-state index in [1.165, 1.54) is 5.56 Å². The molecule has 1 aliphatic heterocycles. The molecule has 5 heteroatoms. The van der Waals surface area contributed by atoms with Crippen molar-refractivity contribution in [2.45, 2.75) is 32.4 Å². The van der Waals surface area contributed by atoms with E-state index in [1.807, 2.05) is 0 Å². The number of hydrogen-bond donors (Lipinski definition) is 1. The molecule has 1 atom stereocenters. The third kappa shape index (κ3) is 6.69. The lowest BCUT2D eigenvalue weighted by Gasteiger charge is -2.32. The fraction of sp³-hybridized carbons (Fsp3) is 0.611. The van der Waals surface area contributed by atoms with Crippen LogP contribution >= 0.6 is 0 Å². The van der Waals surface area contributed by atoms with E-state index in [2.05, 4.69) is 41.4 Å². The minimum absolute atomic E-state index is 0.102. The maximum atomic E-state index is 12.0. The van der Waals surface area contributed by atoms with Gasteiger partial charge in [0, 0.05) is 46.3 Å². The number of rotatable bonds is 8. The van der Waals surface area contributed by atoms with Gasteiger partial charge in [0.05, 0.1) is 12.7 Å². The second-order valence-corrected chi connectivity index (χ2v) is 6.09. The molecule has 2 rings (SSSR count). The fourth-order valence-electron chi connectivity index (χ4n) is 2.66. The van der Waals surface area contributed by atoms with Crippen molar-refractivity contribution in [2.24, 2.45) is 0 Å². The molecule has 0 aliphatic carbocycles. The Bertz CT molecular complexity index is 476. The van der Waals surface area contributed by atoms with E-state index in [1.54, 1.807) is 7.11 Å². The molecule has 1 N–H and O–H groups in total. The van der Waals surface area contributed by atoms with Crippen molar-refractivity contribution in [3.63, 3.8) is 0 Å². The number of nitrogens with zero attached hydrogens (tertiary/aromatic N) is 1. The highest BCUT2D eigenvalue weighted by Gasteiger charge is 2.20. The van der Waals surface area contributed by atoms with Gasteiger partial charge in [0.1, 0.15) is 0 Å². The summed E-state index contributed by atoms with van der Waals surface area (Å²) >= 11 is 0. The van der Waals surface area contributed by atoms with Crippen molar-refractivity contribution in [1.82, 2.24) is 10.2 Å². The van der Waals surface area contributed by atoms with E-state index in [9.17, 15) is 4.79 Å². The monoisotopic (exact) mass is 320 g/mol. The van der Waals surface area contributed by atoms with Crippen molar-refractivity contribution in [3.05, 3.63) is 35.4 Å². The predicted molar refractivity (Wildman–Crippen MR) is 90.3 cm³/mol. The number of ether oxygens (including phenoxy) is 2. The van der Waals surface area contributed by atoms with Crippen molar-refractivity contribution in [1.29, 1.82) is 0 Å². The molecule has 0 radical (unpaired) electrons. The Labute approximate surface area is 139 Å². The second-order valence-electron chi connectivity index (χ2n) is 6.09. The molecule has 1 aromatic rings. The Morgan fingerprint density at radius 2 is 2.17 bits per heavy atom. The topological polar surface area (TPSA) is 50.8 Å². The molecular formula is C18H28N2O3. The number of amides is 1. The van der Waals surface area contributed by atoms with Gasteiger partial charge in [0.15, 0.2) is 0 Å². The van der Waals surface area contributed by atoms with Crippen LogP contribution in [-0.4, -0.2) is 56.9 Å². The van der Waals surface area contributed by atoms with Gasteiger partial charge in [0.25, 0.3) is 0 Å². The lowest BCUT2D eigenvalue weighted by molar-refractivity contribution is -0.122. The van der Waals surface area contributed by atoms with Crippen LogP contribution in [0.1, 0.15) is 24.0 Å². The quantitative estimate of drug-likeness (QED) is 0.793. The molecule has 1 aromatic carbocycles. The summed E-state index contributed by atoms with van der Waals surface area (Å²) in [5.74, 6) is 0.102. The number of carbonyl (C=O) groups excluding carboxylic acids is 1. The zero-order valence-corrected chi connectivity index (χ0v) is 14.2. The van der Waals surface area contributed by atoms with Crippen LogP contribution in [0.4, 0.5) is 0 Å². The first-order valence-corrected chi connectivity index (χ1v) is 8.32. The molecular weight excluding hydrogens is 292 g/mol. The normalized spacial score (nSPS) is 18.8. The van der Waals surface area contributed by atoms with Gasteiger partial charge in [0.2, 0.25) is 5.91 Å². The number of methoxy groups -OCH3 is 1. The van der Waals surface area contributed by atoms with Gasteiger partial charge in [-0.15, -0.1) is 0 Å². The molecule has 5 nitrogen and oxygen atoms in total. The largest absolute Gasteiger partial charge is 0.385 e. The highest BCUT2D eigenvalue weighted by Crippen LogP contribution is 2.09. The minimum Gasteiger partial charge on any atom is -0.385 e. The van der Waals surface area contributed by atoms with Crippen LogP contribution in [0.15, 0.2) is 24.3 Å². The number of carbonyl (C=O) groups is 1. The average Bonchev–Trinajstić information content (AvgIpc) is 2.58. The zero-order chi connectivity index (χ0) is 16.5. The minimum atomic E-state index is 0.102. The lowest BCUT2D eigenvalue weighted by Crippen LogP contribution is -2.44. The maximum absolute atomic E-state index is 12.0. The third-order valence-electron chi connectivity index (χ3n) is 4.13. The van der Waals surface area contributed by atoms with Crippen LogP contribution in [0, 0.1) is 6.92 Å². The molecule has 0 spiro atoms. The first kappa shape index (κ1) is 17.9. The number of morpholine rings is 1. The van der Waals surface area contributed by atoms with Crippen molar-refractivity contribution in [2.75, 3.05) is 40.0 Å². The van der Waals surface area contributed by atoms with Gasteiger partial charge >= 0.3 is 0 Å². The van der Waals surface area contributed by atoms with Crippen LogP contribution in [0.25, 0.3) is 0 Å². The number of benzene rings is 1. The molecule has 1 heterocycles. The summed E-state index contributed by atoms with van der Waals surface area (Å²) in [7, 11) is 1.71.